The van der Waals surface area contributed by atoms with Gasteiger partial charge in [0.15, 0.2) is 11.5 Å². The highest BCUT2D eigenvalue weighted by Crippen LogP contribution is 2.32. The maximum atomic E-state index is 14.1. The van der Waals surface area contributed by atoms with Gasteiger partial charge in [0.05, 0.1) is 14.2 Å². The molecule has 0 fully saturated rings. The van der Waals surface area contributed by atoms with E-state index < -0.39 is 11.7 Å². The van der Waals surface area contributed by atoms with E-state index in [4.69, 9.17) is 9.47 Å². The Hall–Kier alpha value is -3.08. The van der Waals surface area contributed by atoms with Gasteiger partial charge in [-0.25, -0.2) is 4.39 Å². The van der Waals surface area contributed by atoms with E-state index in [1.807, 2.05) is 42.5 Å². The van der Waals surface area contributed by atoms with E-state index in [1.165, 1.54) is 26.4 Å². The summed E-state index contributed by atoms with van der Waals surface area (Å²) in [5.41, 5.74) is 0.761. The summed E-state index contributed by atoms with van der Waals surface area (Å²) in [6.07, 6.45) is 0. The highest BCUT2D eigenvalue weighted by atomic mass is 19.1. The maximum absolute atomic E-state index is 14.1. The Morgan fingerprint density at radius 1 is 1.00 bits per heavy atom. The van der Waals surface area contributed by atoms with Crippen LogP contribution in [0.1, 0.15) is 15.9 Å². The highest BCUT2D eigenvalue weighted by Gasteiger charge is 2.21. The molecule has 1 N–H and O–H groups in total. The van der Waals surface area contributed by atoms with E-state index in [2.05, 4.69) is 5.32 Å². The normalized spacial score (nSPS) is 10.5. The van der Waals surface area contributed by atoms with Crippen LogP contribution >= 0.6 is 0 Å². The van der Waals surface area contributed by atoms with Crippen LogP contribution in [0.3, 0.4) is 0 Å². The van der Waals surface area contributed by atoms with E-state index in [0.29, 0.717) is 5.75 Å². The van der Waals surface area contributed by atoms with E-state index in [0.717, 1.165) is 16.3 Å². The second kappa shape index (κ2) is 7.21. The molecule has 4 nitrogen and oxygen atoms in total. The number of hydrogen-bond donors (Lipinski definition) is 1. The molecule has 0 atom stereocenters. The number of amides is 1. The number of fused-ring (bicyclic) bond motifs is 1. The predicted octanol–water partition coefficient (Wildman–Crippen LogP) is 3.93. The quantitative estimate of drug-likeness (QED) is 0.766. The average molecular weight is 339 g/mol. The molecule has 5 heteroatoms. The molecule has 0 unspecified atom stereocenters. The van der Waals surface area contributed by atoms with Crippen LogP contribution in [0.4, 0.5) is 4.39 Å². The molecular weight excluding hydrogens is 321 g/mol. The van der Waals surface area contributed by atoms with E-state index in [1.54, 1.807) is 0 Å². The Kier molecular flexibility index (Phi) is 4.84. The van der Waals surface area contributed by atoms with Crippen molar-refractivity contribution in [3.8, 4) is 11.5 Å². The Bertz CT molecular complexity index is 924. The van der Waals surface area contributed by atoms with Gasteiger partial charge in [0.2, 0.25) is 0 Å². The van der Waals surface area contributed by atoms with Crippen molar-refractivity contribution in [2.24, 2.45) is 0 Å². The Morgan fingerprint density at radius 3 is 2.48 bits per heavy atom. The minimum Gasteiger partial charge on any atom is -0.493 e. The lowest BCUT2D eigenvalue weighted by Crippen LogP contribution is -2.24. The molecule has 1 amide bonds. The zero-order valence-electron chi connectivity index (χ0n) is 14.0. The Balaban J connectivity index is 1.82. The van der Waals surface area contributed by atoms with Crippen LogP contribution in [0.5, 0.6) is 11.5 Å². The molecule has 25 heavy (non-hydrogen) atoms. The number of ether oxygens (including phenoxy) is 2. The van der Waals surface area contributed by atoms with Gasteiger partial charge in [0, 0.05) is 6.54 Å². The number of hydrogen-bond acceptors (Lipinski definition) is 3. The number of carbonyl (C=O) groups is 1. The van der Waals surface area contributed by atoms with Crippen LogP contribution < -0.4 is 14.8 Å². The van der Waals surface area contributed by atoms with E-state index >= 15 is 0 Å². The lowest BCUT2D eigenvalue weighted by molar-refractivity contribution is 0.0943. The second-order valence-electron chi connectivity index (χ2n) is 5.52. The van der Waals surface area contributed by atoms with E-state index in [-0.39, 0.29) is 17.9 Å². The standard InChI is InChI=1S/C20H18FNO3/c1-24-17-10-9-16(21)18(19(17)25-2)20(23)22-12-13-7-8-14-5-3-4-6-15(14)11-13/h3-11H,12H2,1-2H3,(H,22,23). The third kappa shape index (κ3) is 3.40. The topological polar surface area (TPSA) is 47.6 Å². The van der Waals surface area contributed by atoms with Crippen molar-refractivity contribution in [1.29, 1.82) is 0 Å². The van der Waals surface area contributed by atoms with Crippen molar-refractivity contribution in [2.75, 3.05) is 14.2 Å². The summed E-state index contributed by atoms with van der Waals surface area (Å²) in [6.45, 7) is 0.281. The average Bonchev–Trinajstić information content (AvgIpc) is 2.65. The van der Waals surface area contributed by atoms with Gasteiger partial charge in [-0.15, -0.1) is 0 Å². The fourth-order valence-electron chi connectivity index (χ4n) is 2.73. The third-order valence-corrected chi connectivity index (χ3v) is 3.99. The van der Waals surface area contributed by atoms with Crippen molar-refractivity contribution < 1.29 is 18.7 Å². The van der Waals surface area contributed by atoms with Gasteiger partial charge in [-0.3, -0.25) is 4.79 Å². The van der Waals surface area contributed by atoms with Crippen molar-refractivity contribution in [2.45, 2.75) is 6.54 Å². The van der Waals surface area contributed by atoms with Crippen LogP contribution in [0.25, 0.3) is 10.8 Å². The summed E-state index contributed by atoms with van der Waals surface area (Å²) >= 11 is 0. The fraction of sp³-hybridized carbons (Fsp3) is 0.150. The minimum absolute atomic E-state index is 0.0820. The number of halogens is 1. The number of benzene rings is 3. The molecule has 0 radical (unpaired) electrons. The molecule has 128 valence electrons. The lowest BCUT2D eigenvalue weighted by atomic mass is 10.1. The molecule has 0 saturated heterocycles. The molecule has 0 aliphatic carbocycles. The second-order valence-corrected chi connectivity index (χ2v) is 5.52. The first kappa shape index (κ1) is 16.8. The predicted molar refractivity (Wildman–Crippen MR) is 94.6 cm³/mol. The van der Waals surface area contributed by atoms with E-state index in [9.17, 15) is 9.18 Å². The summed E-state index contributed by atoms with van der Waals surface area (Å²) in [7, 11) is 2.81. The van der Waals surface area contributed by atoms with Crippen molar-refractivity contribution in [3.05, 3.63) is 71.5 Å². The molecule has 0 aliphatic heterocycles. The zero-order chi connectivity index (χ0) is 17.8. The molecule has 0 aliphatic rings. The minimum atomic E-state index is -0.659. The molecule has 0 spiro atoms. The van der Waals surface area contributed by atoms with Crippen molar-refractivity contribution in [3.63, 3.8) is 0 Å². The highest BCUT2D eigenvalue weighted by molar-refractivity contribution is 5.98. The number of carbonyl (C=O) groups excluding carboxylic acids is 1. The first-order valence-electron chi connectivity index (χ1n) is 7.80. The van der Waals surface area contributed by atoms with Gasteiger partial charge in [0.1, 0.15) is 11.4 Å². The van der Waals surface area contributed by atoms with Gasteiger partial charge in [-0.2, -0.15) is 0 Å². The fourth-order valence-corrected chi connectivity index (χ4v) is 2.73. The summed E-state index contributed by atoms with van der Waals surface area (Å²) in [5, 5.41) is 4.94. The van der Waals surface area contributed by atoms with Crippen molar-refractivity contribution in [1.82, 2.24) is 5.32 Å². The smallest absolute Gasteiger partial charge is 0.258 e. The number of methoxy groups -OCH3 is 2. The molecule has 0 saturated carbocycles. The van der Waals surface area contributed by atoms with Gasteiger partial charge in [-0.05, 0) is 34.5 Å². The molecular formula is C20H18FNO3. The SMILES string of the molecule is COc1ccc(F)c(C(=O)NCc2ccc3ccccc3c2)c1OC. The van der Waals surface area contributed by atoms with Gasteiger partial charge < -0.3 is 14.8 Å². The lowest BCUT2D eigenvalue weighted by Gasteiger charge is -2.13. The van der Waals surface area contributed by atoms with Gasteiger partial charge in [-0.1, -0.05) is 36.4 Å². The van der Waals surface area contributed by atoms with Crippen LogP contribution in [-0.2, 0) is 6.54 Å². The summed E-state index contributed by atoms with van der Waals surface area (Å²) in [5.74, 6) is -0.826. The first-order chi connectivity index (χ1) is 12.1. The maximum Gasteiger partial charge on any atom is 0.258 e. The number of nitrogens with one attached hydrogen (secondary N) is 1. The van der Waals surface area contributed by atoms with Crippen molar-refractivity contribution >= 4 is 16.7 Å². The molecule has 0 heterocycles. The molecule has 3 rings (SSSR count). The Labute approximate surface area is 145 Å². The summed E-state index contributed by atoms with van der Waals surface area (Å²) in [4.78, 5) is 12.5. The molecule has 0 aromatic heterocycles. The summed E-state index contributed by atoms with van der Waals surface area (Å²) < 4.78 is 24.4. The monoisotopic (exact) mass is 339 g/mol. The molecule has 3 aromatic carbocycles. The molecule has 3 aromatic rings. The van der Waals surface area contributed by atoms with Crippen LogP contribution in [0.15, 0.2) is 54.6 Å². The largest absolute Gasteiger partial charge is 0.493 e. The van der Waals surface area contributed by atoms with Gasteiger partial charge >= 0.3 is 0 Å². The Morgan fingerprint density at radius 2 is 1.76 bits per heavy atom. The summed E-state index contributed by atoms with van der Waals surface area (Å²) in [6, 6.07) is 16.5. The van der Waals surface area contributed by atoms with Crippen LogP contribution in [0.2, 0.25) is 0 Å². The first-order valence-corrected chi connectivity index (χ1v) is 7.80. The van der Waals surface area contributed by atoms with Crippen LogP contribution in [0, 0.1) is 5.82 Å². The van der Waals surface area contributed by atoms with Gasteiger partial charge in [0.25, 0.3) is 5.91 Å². The third-order valence-electron chi connectivity index (χ3n) is 3.99. The number of rotatable bonds is 5. The zero-order valence-corrected chi connectivity index (χ0v) is 14.0. The molecule has 0 bridgehead atoms. The van der Waals surface area contributed by atoms with Crippen LogP contribution in [-0.4, -0.2) is 20.1 Å².